The molecule has 1 aliphatic heterocycles. The second-order valence-electron chi connectivity index (χ2n) is 6.78. The third-order valence-corrected chi connectivity index (χ3v) is 4.89. The minimum absolute atomic E-state index is 0.0335. The topological polar surface area (TPSA) is 70.7 Å². The average Bonchev–Trinajstić information content (AvgIpc) is 2.68. The third-order valence-electron chi connectivity index (χ3n) is 4.89. The summed E-state index contributed by atoms with van der Waals surface area (Å²) in [5.74, 6) is 0.412. The Morgan fingerprint density at radius 1 is 1.27 bits per heavy atom. The standard InChI is InChI=1S/C20H27N3O3/c1-21-20(25)18-13-23(16-9-5-6-10-17(16)26-18)14-19(24)22-12-11-15-7-3-2-4-8-15/h5-7,9-10,18H,2-4,8,11-14H2,1H3,(H,21,25)(H,22,24)/t18-/m0/s1. The molecule has 3 rings (SSSR count). The minimum Gasteiger partial charge on any atom is -0.477 e. The van der Waals surface area contributed by atoms with Gasteiger partial charge in [-0.3, -0.25) is 9.59 Å². The Balaban J connectivity index is 1.57. The first-order valence-corrected chi connectivity index (χ1v) is 9.34. The summed E-state index contributed by atoms with van der Waals surface area (Å²) < 4.78 is 5.76. The number of anilines is 1. The van der Waals surface area contributed by atoms with E-state index in [9.17, 15) is 9.59 Å². The third kappa shape index (κ3) is 4.56. The van der Waals surface area contributed by atoms with Crippen LogP contribution in [-0.4, -0.2) is 44.6 Å². The molecule has 0 fully saturated rings. The number of ether oxygens (including phenoxy) is 1. The zero-order valence-corrected chi connectivity index (χ0v) is 15.3. The van der Waals surface area contributed by atoms with Crippen molar-refractivity contribution in [2.75, 3.05) is 31.6 Å². The number of hydrogen-bond acceptors (Lipinski definition) is 4. The molecule has 140 valence electrons. The molecule has 2 aliphatic rings. The number of rotatable bonds is 6. The van der Waals surface area contributed by atoms with Gasteiger partial charge in [-0.15, -0.1) is 0 Å². The van der Waals surface area contributed by atoms with Gasteiger partial charge in [0.05, 0.1) is 18.8 Å². The average molecular weight is 357 g/mol. The van der Waals surface area contributed by atoms with Crippen molar-refractivity contribution in [1.82, 2.24) is 10.6 Å². The molecule has 0 spiro atoms. The lowest BCUT2D eigenvalue weighted by Crippen LogP contribution is -2.50. The highest BCUT2D eigenvalue weighted by Gasteiger charge is 2.30. The molecule has 0 saturated heterocycles. The fraction of sp³-hybridized carbons (Fsp3) is 0.500. The number of likely N-dealkylation sites (N-methyl/N-ethyl adjacent to an activating group) is 1. The van der Waals surface area contributed by atoms with Crippen LogP contribution in [0, 0.1) is 0 Å². The fourth-order valence-electron chi connectivity index (χ4n) is 3.48. The van der Waals surface area contributed by atoms with Gasteiger partial charge < -0.3 is 20.3 Å². The van der Waals surface area contributed by atoms with E-state index in [0.717, 1.165) is 24.9 Å². The van der Waals surface area contributed by atoms with Gasteiger partial charge in [-0.2, -0.15) is 0 Å². The van der Waals surface area contributed by atoms with E-state index >= 15 is 0 Å². The van der Waals surface area contributed by atoms with E-state index in [0.29, 0.717) is 18.8 Å². The SMILES string of the molecule is CNC(=O)[C@@H]1CN(CC(=O)NCCC2=CCCCC2)c2ccccc2O1. The van der Waals surface area contributed by atoms with Crippen LogP contribution in [0.3, 0.4) is 0 Å². The van der Waals surface area contributed by atoms with E-state index in [1.165, 1.54) is 18.4 Å². The highest BCUT2D eigenvalue weighted by Crippen LogP contribution is 2.32. The molecule has 1 atom stereocenters. The molecule has 0 radical (unpaired) electrons. The normalized spacial score (nSPS) is 19.0. The van der Waals surface area contributed by atoms with E-state index in [2.05, 4.69) is 16.7 Å². The Morgan fingerprint density at radius 2 is 2.12 bits per heavy atom. The van der Waals surface area contributed by atoms with Gasteiger partial charge in [-0.1, -0.05) is 23.8 Å². The summed E-state index contributed by atoms with van der Waals surface area (Å²) >= 11 is 0. The molecule has 1 heterocycles. The van der Waals surface area contributed by atoms with Crippen LogP contribution in [0.2, 0.25) is 0 Å². The quantitative estimate of drug-likeness (QED) is 0.764. The Bertz CT molecular complexity index is 687. The maximum atomic E-state index is 12.4. The van der Waals surface area contributed by atoms with Crippen molar-refractivity contribution in [3.63, 3.8) is 0 Å². The summed E-state index contributed by atoms with van der Waals surface area (Å²) in [4.78, 5) is 26.3. The number of amides is 2. The highest BCUT2D eigenvalue weighted by atomic mass is 16.5. The number of hydrogen-bond donors (Lipinski definition) is 2. The predicted molar refractivity (Wildman–Crippen MR) is 101 cm³/mol. The van der Waals surface area contributed by atoms with Crippen LogP contribution in [-0.2, 0) is 9.59 Å². The van der Waals surface area contributed by atoms with Crippen LogP contribution >= 0.6 is 0 Å². The monoisotopic (exact) mass is 357 g/mol. The van der Waals surface area contributed by atoms with Crippen molar-refractivity contribution in [2.45, 2.75) is 38.2 Å². The Hall–Kier alpha value is -2.50. The molecule has 1 aromatic rings. The summed E-state index contributed by atoms with van der Waals surface area (Å²) in [6.07, 6.45) is 7.46. The van der Waals surface area contributed by atoms with Gasteiger partial charge in [0.15, 0.2) is 6.10 Å². The van der Waals surface area contributed by atoms with E-state index in [4.69, 9.17) is 4.74 Å². The number of allylic oxidation sites excluding steroid dienone is 1. The Morgan fingerprint density at radius 3 is 2.88 bits per heavy atom. The number of fused-ring (bicyclic) bond motifs is 1. The summed E-state index contributed by atoms with van der Waals surface area (Å²) in [6.45, 7) is 1.23. The van der Waals surface area contributed by atoms with Crippen molar-refractivity contribution in [1.29, 1.82) is 0 Å². The first kappa shape index (κ1) is 18.3. The summed E-state index contributed by atoms with van der Waals surface area (Å²) in [5, 5.41) is 5.62. The Kier molecular flexibility index (Phi) is 6.15. The molecule has 1 aromatic carbocycles. The molecule has 0 saturated carbocycles. The number of nitrogens with one attached hydrogen (secondary N) is 2. The zero-order valence-electron chi connectivity index (χ0n) is 15.3. The molecule has 0 aromatic heterocycles. The number of carbonyl (C=O) groups excluding carboxylic acids is 2. The maximum absolute atomic E-state index is 12.4. The lowest BCUT2D eigenvalue weighted by Gasteiger charge is -2.35. The number of para-hydroxylation sites is 2. The van der Waals surface area contributed by atoms with Crippen LogP contribution in [0.15, 0.2) is 35.9 Å². The summed E-state index contributed by atoms with van der Waals surface area (Å²) in [5.41, 5.74) is 2.30. The molecular formula is C20H27N3O3. The molecule has 0 unspecified atom stereocenters. The van der Waals surface area contributed by atoms with Crippen molar-refractivity contribution < 1.29 is 14.3 Å². The van der Waals surface area contributed by atoms with Gasteiger partial charge in [-0.25, -0.2) is 0 Å². The molecule has 26 heavy (non-hydrogen) atoms. The smallest absolute Gasteiger partial charge is 0.262 e. The number of carbonyl (C=O) groups is 2. The van der Waals surface area contributed by atoms with E-state index in [1.54, 1.807) is 7.05 Å². The minimum atomic E-state index is -0.616. The summed E-state index contributed by atoms with van der Waals surface area (Å²) in [6, 6.07) is 7.50. The van der Waals surface area contributed by atoms with Crippen LogP contribution in [0.5, 0.6) is 5.75 Å². The first-order chi connectivity index (χ1) is 12.7. The maximum Gasteiger partial charge on any atom is 0.262 e. The second kappa shape index (κ2) is 8.74. The van der Waals surface area contributed by atoms with Crippen LogP contribution in [0.25, 0.3) is 0 Å². The first-order valence-electron chi connectivity index (χ1n) is 9.34. The number of nitrogens with zero attached hydrogens (tertiary/aromatic N) is 1. The van der Waals surface area contributed by atoms with Gasteiger partial charge in [0.2, 0.25) is 5.91 Å². The van der Waals surface area contributed by atoms with Crippen LogP contribution in [0.1, 0.15) is 32.1 Å². The van der Waals surface area contributed by atoms with E-state index < -0.39 is 6.10 Å². The van der Waals surface area contributed by atoms with Gasteiger partial charge in [-0.05, 0) is 44.2 Å². The van der Waals surface area contributed by atoms with Crippen LogP contribution < -0.4 is 20.3 Å². The number of benzene rings is 1. The van der Waals surface area contributed by atoms with Gasteiger partial charge in [0.1, 0.15) is 5.75 Å². The van der Waals surface area contributed by atoms with Gasteiger partial charge >= 0.3 is 0 Å². The molecule has 1 aliphatic carbocycles. The van der Waals surface area contributed by atoms with Crippen molar-refractivity contribution in [3.8, 4) is 5.75 Å². The van der Waals surface area contributed by atoms with Crippen molar-refractivity contribution in [2.24, 2.45) is 0 Å². The lowest BCUT2D eigenvalue weighted by atomic mass is 9.97. The molecule has 0 bridgehead atoms. The van der Waals surface area contributed by atoms with Crippen molar-refractivity contribution in [3.05, 3.63) is 35.9 Å². The molecular weight excluding hydrogens is 330 g/mol. The lowest BCUT2D eigenvalue weighted by molar-refractivity contribution is -0.127. The summed E-state index contributed by atoms with van der Waals surface area (Å²) in [7, 11) is 1.59. The largest absolute Gasteiger partial charge is 0.477 e. The molecule has 6 nitrogen and oxygen atoms in total. The van der Waals surface area contributed by atoms with Gasteiger partial charge in [0, 0.05) is 13.6 Å². The van der Waals surface area contributed by atoms with Crippen LogP contribution in [0.4, 0.5) is 5.69 Å². The van der Waals surface area contributed by atoms with Gasteiger partial charge in [0.25, 0.3) is 5.91 Å². The fourth-order valence-corrected chi connectivity index (χ4v) is 3.48. The predicted octanol–water partition coefficient (Wildman–Crippen LogP) is 2.01. The molecule has 2 amide bonds. The van der Waals surface area contributed by atoms with E-state index in [1.807, 2.05) is 29.2 Å². The highest BCUT2D eigenvalue weighted by molar-refractivity contribution is 5.86. The Labute approximate surface area is 154 Å². The molecule has 2 N–H and O–H groups in total. The van der Waals surface area contributed by atoms with Crippen molar-refractivity contribution >= 4 is 17.5 Å². The zero-order chi connectivity index (χ0) is 18.4. The second-order valence-corrected chi connectivity index (χ2v) is 6.78. The molecule has 6 heteroatoms. The van der Waals surface area contributed by atoms with E-state index in [-0.39, 0.29) is 18.4 Å².